The molecule has 2 rings (SSSR count). The summed E-state index contributed by atoms with van der Waals surface area (Å²) in [5.74, 6) is -1.46. The highest BCUT2D eigenvalue weighted by molar-refractivity contribution is 5.95. The summed E-state index contributed by atoms with van der Waals surface area (Å²) in [5, 5.41) is 2.32. The van der Waals surface area contributed by atoms with E-state index in [1.807, 2.05) is 0 Å². The number of rotatable bonds is 5. The van der Waals surface area contributed by atoms with Crippen LogP contribution in [0.3, 0.4) is 0 Å². The molecule has 0 bridgehead atoms. The highest BCUT2D eigenvalue weighted by Gasteiger charge is 2.29. The Bertz CT molecular complexity index is 768. The molecule has 0 aliphatic carbocycles. The zero-order valence-corrected chi connectivity index (χ0v) is 12.7. The summed E-state index contributed by atoms with van der Waals surface area (Å²) in [4.78, 5) is 33.9. The summed E-state index contributed by atoms with van der Waals surface area (Å²) >= 11 is 0. The molecular formula is C17H12F3NO4. The molecule has 2 aromatic rings. The maximum atomic E-state index is 12.4. The summed E-state index contributed by atoms with van der Waals surface area (Å²) in [6.45, 7) is -0.602. The first-order chi connectivity index (χ1) is 11.8. The lowest BCUT2D eigenvalue weighted by Crippen LogP contribution is -2.21. The van der Waals surface area contributed by atoms with E-state index in [1.54, 1.807) is 0 Å². The molecule has 0 aliphatic rings. The van der Waals surface area contributed by atoms with Gasteiger partial charge in [-0.15, -0.1) is 0 Å². The standard InChI is InChI=1S/C17H12F3NO4/c18-17(19,20)13-5-7-14(8-6-13)21-15(23)10-25-16(24)12-3-1-11(9-22)2-4-12/h1-9H,10H2,(H,21,23). The number of halogens is 3. The summed E-state index contributed by atoms with van der Waals surface area (Å²) in [6, 6.07) is 9.45. The predicted molar refractivity (Wildman–Crippen MR) is 82.2 cm³/mol. The van der Waals surface area contributed by atoms with Crippen molar-refractivity contribution in [1.82, 2.24) is 0 Å². The summed E-state index contributed by atoms with van der Waals surface area (Å²) in [7, 11) is 0. The number of anilines is 1. The van der Waals surface area contributed by atoms with E-state index in [0.717, 1.165) is 24.3 Å². The molecule has 0 unspecified atom stereocenters. The first-order valence-corrected chi connectivity index (χ1v) is 6.99. The minimum Gasteiger partial charge on any atom is -0.452 e. The van der Waals surface area contributed by atoms with Gasteiger partial charge in [0.15, 0.2) is 6.61 Å². The van der Waals surface area contributed by atoms with Gasteiger partial charge in [0.2, 0.25) is 0 Å². The number of ether oxygens (including phenoxy) is 1. The van der Waals surface area contributed by atoms with Gasteiger partial charge in [0.1, 0.15) is 6.29 Å². The molecule has 5 nitrogen and oxygen atoms in total. The van der Waals surface area contributed by atoms with E-state index in [-0.39, 0.29) is 11.3 Å². The number of esters is 1. The molecule has 0 aromatic heterocycles. The zero-order valence-electron chi connectivity index (χ0n) is 12.7. The number of carbonyl (C=O) groups excluding carboxylic acids is 3. The van der Waals surface area contributed by atoms with Crippen LogP contribution in [0.4, 0.5) is 18.9 Å². The lowest BCUT2D eigenvalue weighted by atomic mass is 10.1. The summed E-state index contributed by atoms with van der Waals surface area (Å²) in [6.07, 6.45) is -3.84. The Kier molecular flexibility index (Phi) is 5.53. The lowest BCUT2D eigenvalue weighted by molar-refractivity contribution is -0.137. The second-order valence-electron chi connectivity index (χ2n) is 4.94. The van der Waals surface area contributed by atoms with Gasteiger partial charge in [-0.05, 0) is 36.4 Å². The smallest absolute Gasteiger partial charge is 0.416 e. The number of hydrogen-bond donors (Lipinski definition) is 1. The van der Waals surface area contributed by atoms with Crippen LogP contribution < -0.4 is 5.32 Å². The van der Waals surface area contributed by atoms with E-state index in [9.17, 15) is 27.6 Å². The van der Waals surface area contributed by atoms with E-state index < -0.39 is 30.2 Å². The quantitative estimate of drug-likeness (QED) is 0.663. The maximum absolute atomic E-state index is 12.4. The molecule has 0 saturated carbocycles. The molecule has 0 atom stereocenters. The molecule has 25 heavy (non-hydrogen) atoms. The van der Waals surface area contributed by atoms with Crippen LogP contribution in [-0.2, 0) is 15.7 Å². The lowest BCUT2D eigenvalue weighted by Gasteiger charge is -2.09. The zero-order chi connectivity index (χ0) is 18.4. The van der Waals surface area contributed by atoms with Gasteiger partial charge in [0.25, 0.3) is 5.91 Å². The Labute approximate surface area is 140 Å². The molecule has 0 fully saturated rings. The van der Waals surface area contributed by atoms with Crippen LogP contribution in [0.15, 0.2) is 48.5 Å². The van der Waals surface area contributed by atoms with Gasteiger partial charge in [-0.2, -0.15) is 13.2 Å². The molecule has 0 radical (unpaired) electrons. The molecule has 0 aliphatic heterocycles. The molecular weight excluding hydrogens is 339 g/mol. The van der Waals surface area contributed by atoms with Crippen molar-refractivity contribution in [3.63, 3.8) is 0 Å². The van der Waals surface area contributed by atoms with Crippen LogP contribution in [-0.4, -0.2) is 24.8 Å². The fourth-order valence-corrected chi connectivity index (χ4v) is 1.85. The first kappa shape index (κ1) is 18.2. The molecule has 0 saturated heterocycles. The number of alkyl halides is 3. The maximum Gasteiger partial charge on any atom is 0.416 e. The largest absolute Gasteiger partial charge is 0.452 e. The van der Waals surface area contributed by atoms with E-state index in [4.69, 9.17) is 4.74 Å². The highest BCUT2D eigenvalue weighted by Crippen LogP contribution is 2.29. The van der Waals surface area contributed by atoms with Crippen LogP contribution >= 0.6 is 0 Å². The third-order valence-electron chi connectivity index (χ3n) is 3.11. The summed E-state index contributed by atoms with van der Waals surface area (Å²) in [5.41, 5.74) is -0.149. The van der Waals surface area contributed by atoms with Crippen molar-refractivity contribution in [3.05, 3.63) is 65.2 Å². The number of carbonyl (C=O) groups is 3. The van der Waals surface area contributed by atoms with Gasteiger partial charge in [-0.25, -0.2) is 4.79 Å². The normalized spacial score (nSPS) is 10.8. The number of amides is 1. The van der Waals surface area contributed by atoms with E-state index >= 15 is 0 Å². The van der Waals surface area contributed by atoms with Crippen molar-refractivity contribution in [2.75, 3.05) is 11.9 Å². The topological polar surface area (TPSA) is 72.5 Å². The van der Waals surface area contributed by atoms with Crippen molar-refractivity contribution in [3.8, 4) is 0 Å². The Morgan fingerprint density at radius 3 is 2.12 bits per heavy atom. The number of benzene rings is 2. The van der Waals surface area contributed by atoms with Gasteiger partial charge in [-0.3, -0.25) is 9.59 Å². The van der Waals surface area contributed by atoms with Crippen LogP contribution in [0, 0.1) is 0 Å². The van der Waals surface area contributed by atoms with E-state index in [2.05, 4.69) is 5.32 Å². The average Bonchev–Trinajstić information content (AvgIpc) is 2.59. The molecule has 0 spiro atoms. The van der Waals surface area contributed by atoms with Gasteiger partial charge in [0.05, 0.1) is 11.1 Å². The minimum atomic E-state index is -4.46. The van der Waals surface area contributed by atoms with Crippen molar-refractivity contribution in [2.45, 2.75) is 6.18 Å². The number of hydrogen-bond acceptors (Lipinski definition) is 4. The van der Waals surface area contributed by atoms with Gasteiger partial charge < -0.3 is 10.1 Å². The van der Waals surface area contributed by atoms with Crippen LogP contribution in [0.2, 0.25) is 0 Å². The van der Waals surface area contributed by atoms with Gasteiger partial charge >= 0.3 is 12.1 Å². The SMILES string of the molecule is O=Cc1ccc(C(=O)OCC(=O)Nc2ccc(C(F)(F)F)cc2)cc1. The molecule has 1 N–H and O–H groups in total. The van der Waals surface area contributed by atoms with Crippen molar-refractivity contribution in [1.29, 1.82) is 0 Å². The Hall–Kier alpha value is -3.16. The monoisotopic (exact) mass is 351 g/mol. The van der Waals surface area contributed by atoms with Crippen LogP contribution in [0.5, 0.6) is 0 Å². The van der Waals surface area contributed by atoms with Gasteiger partial charge in [0, 0.05) is 11.3 Å². The van der Waals surface area contributed by atoms with Gasteiger partial charge in [-0.1, -0.05) is 12.1 Å². The second kappa shape index (κ2) is 7.61. The fraction of sp³-hybridized carbons (Fsp3) is 0.118. The van der Waals surface area contributed by atoms with E-state index in [0.29, 0.717) is 11.8 Å². The Balaban J connectivity index is 1.87. The molecule has 8 heteroatoms. The predicted octanol–water partition coefficient (Wildman–Crippen LogP) is 3.31. The third kappa shape index (κ3) is 5.17. The number of aldehydes is 1. The summed E-state index contributed by atoms with van der Waals surface area (Å²) < 4.78 is 42.1. The highest BCUT2D eigenvalue weighted by atomic mass is 19.4. The first-order valence-electron chi connectivity index (χ1n) is 6.99. The Morgan fingerprint density at radius 1 is 1.00 bits per heavy atom. The van der Waals surface area contributed by atoms with E-state index in [1.165, 1.54) is 24.3 Å². The minimum absolute atomic E-state index is 0.143. The molecule has 130 valence electrons. The second-order valence-corrected chi connectivity index (χ2v) is 4.94. The molecule has 1 amide bonds. The van der Waals surface area contributed by atoms with Crippen LogP contribution in [0.1, 0.15) is 26.3 Å². The van der Waals surface area contributed by atoms with Crippen molar-refractivity contribution >= 4 is 23.9 Å². The van der Waals surface area contributed by atoms with Crippen LogP contribution in [0.25, 0.3) is 0 Å². The van der Waals surface area contributed by atoms with Crippen molar-refractivity contribution < 1.29 is 32.3 Å². The van der Waals surface area contributed by atoms with Crippen molar-refractivity contribution in [2.24, 2.45) is 0 Å². The third-order valence-corrected chi connectivity index (χ3v) is 3.11. The molecule has 0 heterocycles. The number of nitrogens with one attached hydrogen (secondary N) is 1. The Morgan fingerprint density at radius 2 is 1.60 bits per heavy atom. The molecule has 2 aromatic carbocycles. The fourth-order valence-electron chi connectivity index (χ4n) is 1.85. The average molecular weight is 351 g/mol.